The van der Waals surface area contributed by atoms with Crippen molar-refractivity contribution in [3.63, 3.8) is 0 Å². The Kier molecular flexibility index (Phi) is 6.59. The average molecular weight is 346 g/mol. The molecule has 2 rings (SSSR count). The molecule has 0 saturated carbocycles. The Hall–Kier alpha value is -1.88. The SMILES string of the molecule is CC(=O)NCC1CCCN(Cc2ccc(C(=O)OC(C)(C)C)cc2)C1. The fourth-order valence-electron chi connectivity index (χ4n) is 3.09. The maximum atomic E-state index is 12.1. The Bertz CT molecular complexity index is 590. The molecule has 0 bridgehead atoms. The van der Waals surface area contributed by atoms with Crippen molar-refractivity contribution >= 4 is 11.9 Å². The van der Waals surface area contributed by atoms with E-state index in [1.165, 1.54) is 5.56 Å². The maximum absolute atomic E-state index is 12.1. The zero-order valence-electron chi connectivity index (χ0n) is 15.8. The van der Waals surface area contributed by atoms with Crippen LogP contribution in [0, 0.1) is 5.92 Å². The van der Waals surface area contributed by atoms with E-state index in [2.05, 4.69) is 10.2 Å². The Morgan fingerprint density at radius 3 is 2.52 bits per heavy atom. The highest BCUT2D eigenvalue weighted by molar-refractivity contribution is 5.89. The van der Waals surface area contributed by atoms with Gasteiger partial charge in [-0.25, -0.2) is 4.79 Å². The number of hydrogen-bond donors (Lipinski definition) is 1. The number of ether oxygens (including phenoxy) is 1. The summed E-state index contributed by atoms with van der Waals surface area (Å²) in [6, 6.07) is 7.66. The Balaban J connectivity index is 1.88. The molecule has 0 radical (unpaired) electrons. The van der Waals surface area contributed by atoms with Gasteiger partial charge < -0.3 is 10.1 Å². The van der Waals surface area contributed by atoms with Crippen molar-refractivity contribution in [2.75, 3.05) is 19.6 Å². The number of likely N-dealkylation sites (tertiary alicyclic amines) is 1. The topological polar surface area (TPSA) is 58.6 Å². The molecule has 1 aliphatic heterocycles. The first kappa shape index (κ1) is 19.4. The highest BCUT2D eigenvalue weighted by atomic mass is 16.6. The van der Waals surface area contributed by atoms with E-state index in [1.807, 2.05) is 45.0 Å². The Morgan fingerprint density at radius 2 is 1.92 bits per heavy atom. The van der Waals surface area contributed by atoms with Gasteiger partial charge in [-0.3, -0.25) is 9.69 Å². The number of carbonyl (C=O) groups excluding carboxylic acids is 2. The standard InChI is InChI=1S/C20H30N2O3/c1-15(23)21-12-17-6-5-11-22(14-17)13-16-7-9-18(10-8-16)19(24)25-20(2,3)4/h7-10,17H,5-6,11-14H2,1-4H3,(H,21,23). The molecule has 1 fully saturated rings. The number of esters is 1. The van der Waals surface area contributed by atoms with E-state index in [9.17, 15) is 9.59 Å². The summed E-state index contributed by atoms with van der Waals surface area (Å²) in [5, 5.41) is 2.92. The van der Waals surface area contributed by atoms with E-state index in [1.54, 1.807) is 6.92 Å². The van der Waals surface area contributed by atoms with Gasteiger partial charge >= 0.3 is 5.97 Å². The molecule has 5 nitrogen and oxygen atoms in total. The molecule has 1 aromatic rings. The van der Waals surface area contributed by atoms with Gasteiger partial charge in [0.2, 0.25) is 5.91 Å². The number of benzene rings is 1. The van der Waals surface area contributed by atoms with Crippen molar-refractivity contribution in [1.29, 1.82) is 0 Å². The lowest BCUT2D eigenvalue weighted by Gasteiger charge is -2.32. The van der Waals surface area contributed by atoms with Crippen LogP contribution in [0.2, 0.25) is 0 Å². The van der Waals surface area contributed by atoms with E-state index in [0.717, 1.165) is 39.0 Å². The Morgan fingerprint density at radius 1 is 1.24 bits per heavy atom. The highest BCUT2D eigenvalue weighted by Gasteiger charge is 2.21. The van der Waals surface area contributed by atoms with Crippen molar-refractivity contribution in [3.05, 3.63) is 35.4 Å². The zero-order chi connectivity index (χ0) is 18.4. The Labute approximate surface area is 150 Å². The first-order valence-corrected chi connectivity index (χ1v) is 9.02. The van der Waals surface area contributed by atoms with Crippen LogP contribution in [-0.4, -0.2) is 42.0 Å². The molecule has 1 heterocycles. The van der Waals surface area contributed by atoms with Crippen molar-refractivity contribution in [2.24, 2.45) is 5.92 Å². The minimum Gasteiger partial charge on any atom is -0.456 e. The van der Waals surface area contributed by atoms with E-state index in [0.29, 0.717) is 11.5 Å². The fraction of sp³-hybridized carbons (Fsp3) is 0.600. The average Bonchev–Trinajstić information content (AvgIpc) is 2.52. The summed E-state index contributed by atoms with van der Waals surface area (Å²) in [5.74, 6) is 0.265. The number of amides is 1. The normalized spacial score (nSPS) is 18.6. The molecule has 5 heteroatoms. The van der Waals surface area contributed by atoms with E-state index in [-0.39, 0.29) is 11.9 Å². The second-order valence-electron chi connectivity index (χ2n) is 7.88. The molecule has 1 atom stereocenters. The number of hydrogen-bond acceptors (Lipinski definition) is 4. The third kappa shape index (κ3) is 6.86. The van der Waals surface area contributed by atoms with Crippen molar-refractivity contribution in [3.8, 4) is 0 Å². The minimum absolute atomic E-state index is 0.0369. The molecule has 25 heavy (non-hydrogen) atoms. The van der Waals surface area contributed by atoms with Gasteiger partial charge in [-0.1, -0.05) is 12.1 Å². The zero-order valence-corrected chi connectivity index (χ0v) is 15.8. The van der Waals surface area contributed by atoms with Gasteiger partial charge in [0.15, 0.2) is 0 Å². The van der Waals surface area contributed by atoms with E-state index < -0.39 is 5.60 Å². The van der Waals surface area contributed by atoms with Crippen LogP contribution in [0.15, 0.2) is 24.3 Å². The monoisotopic (exact) mass is 346 g/mol. The lowest BCUT2D eigenvalue weighted by Crippen LogP contribution is -2.40. The van der Waals surface area contributed by atoms with E-state index in [4.69, 9.17) is 4.74 Å². The second-order valence-corrected chi connectivity index (χ2v) is 7.88. The van der Waals surface area contributed by atoms with Gasteiger partial charge in [-0.05, 0) is 63.8 Å². The van der Waals surface area contributed by atoms with Crippen LogP contribution >= 0.6 is 0 Å². The fourth-order valence-corrected chi connectivity index (χ4v) is 3.09. The largest absolute Gasteiger partial charge is 0.456 e. The smallest absolute Gasteiger partial charge is 0.338 e. The van der Waals surface area contributed by atoms with Gasteiger partial charge in [0.1, 0.15) is 5.60 Å². The summed E-state index contributed by atoms with van der Waals surface area (Å²) >= 11 is 0. The summed E-state index contributed by atoms with van der Waals surface area (Å²) in [6.45, 7) is 10.9. The van der Waals surface area contributed by atoms with Crippen LogP contribution in [0.4, 0.5) is 0 Å². The molecule has 1 saturated heterocycles. The number of rotatable bonds is 5. The number of nitrogens with zero attached hydrogens (tertiary/aromatic N) is 1. The molecule has 1 N–H and O–H groups in total. The molecule has 1 aliphatic rings. The van der Waals surface area contributed by atoms with Crippen LogP contribution in [0.1, 0.15) is 56.5 Å². The molecular formula is C20H30N2O3. The maximum Gasteiger partial charge on any atom is 0.338 e. The lowest BCUT2D eigenvalue weighted by atomic mass is 9.97. The minimum atomic E-state index is -0.480. The van der Waals surface area contributed by atoms with Crippen LogP contribution in [0.3, 0.4) is 0 Å². The molecular weight excluding hydrogens is 316 g/mol. The molecule has 0 aliphatic carbocycles. The first-order valence-electron chi connectivity index (χ1n) is 9.02. The van der Waals surface area contributed by atoms with Crippen molar-refractivity contribution in [1.82, 2.24) is 10.2 Å². The van der Waals surface area contributed by atoms with Crippen LogP contribution in [-0.2, 0) is 16.1 Å². The molecule has 1 unspecified atom stereocenters. The van der Waals surface area contributed by atoms with Crippen molar-refractivity contribution < 1.29 is 14.3 Å². The van der Waals surface area contributed by atoms with Crippen molar-refractivity contribution in [2.45, 2.75) is 52.7 Å². The summed E-state index contributed by atoms with van der Waals surface area (Å²) in [5.41, 5.74) is 1.29. The first-order chi connectivity index (χ1) is 11.7. The second kappa shape index (κ2) is 8.48. The highest BCUT2D eigenvalue weighted by Crippen LogP contribution is 2.19. The van der Waals surface area contributed by atoms with E-state index >= 15 is 0 Å². The van der Waals surface area contributed by atoms with Crippen LogP contribution in [0.25, 0.3) is 0 Å². The number of carbonyl (C=O) groups is 2. The molecule has 0 aromatic heterocycles. The van der Waals surface area contributed by atoms with Gasteiger partial charge in [-0.15, -0.1) is 0 Å². The predicted octanol–water partition coefficient (Wildman–Crippen LogP) is 2.99. The third-order valence-electron chi connectivity index (χ3n) is 4.24. The summed E-state index contributed by atoms with van der Waals surface area (Å²) in [4.78, 5) is 25.5. The number of nitrogens with one attached hydrogen (secondary N) is 1. The van der Waals surface area contributed by atoms with Gasteiger partial charge in [-0.2, -0.15) is 0 Å². The third-order valence-corrected chi connectivity index (χ3v) is 4.24. The van der Waals surface area contributed by atoms with Gasteiger partial charge in [0.25, 0.3) is 0 Å². The molecule has 138 valence electrons. The van der Waals surface area contributed by atoms with Gasteiger partial charge in [0.05, 0.1) is 5.56 Å². The lowest BCUT2D eigenvalue weighted by molar-refractivity contribution is -0.119. The predicted molar refractivity (Wildman–Crippen MR) is 98.3 cm³/mol. The van der Waals surface area contributed by atoms with Crippen LogP contribution < -0.4 is 5.32 Å². The number of piperidine rings is 1. The molecule has 0 spiro atoms. The summed E-state index contributed by atoms with van der Waals surface area (Å²) < 4.78 is 5.39. The van der Waals surface area contributed by atoms with Crippen LogP contribution in [0.5, 0.6) is 0 Å². The summed E-state index contributed by atoms with van der Waals surface area (Å²) in [6.07, 6.45) is 2.31. The summed E-state index contributed by atoms with van der Waals surface area (Å²) in [7, 11) is 0. The quantitative estimate of drug-likeness (QED) is 0.833. The van der Waals surface area contributed by atoms with Gasteiger partial charge in [0, 0.05) is 26.6 Å². The molecule has 1 amide bonds. The molecule has 1 aromatic carbocycles.